The van der Waals surface area contributed by atoms with Gasteiger partial charge >= 0.3 is 0 Å². The number of nitrogens with zero attached hydrogens (tertiary/aromatic N) is 2. The maximum absolute atomic E-state index is 9.16. The van der Waals surface area contributed by atoms with E-state index >= 15 is 0 Å². The first-order valence-corrected chi connectivity index (χ1v) is 8.62. The molecule has 1 saturated carbocycles. The lowest BCUT2D eigenvalue weighted by Gasteiger charge is -2.52. The molecule has 0 amide bonds. The predicted molar refractivity (Wildman–Crippen MR) is 87.4 cm³/mol. The minimum Gasteiger partial charge on any atom is -0.470 e. The average Bonchev–Trinajstić information content (AvgIpc) is 2.62. The zero-order valence-electron chi connectivity index (χ0n) is 13.4. The molecule has 2 aliphatic heterocycles. The maximum atomic E-state index is 9.16. The lowest BCUT2D eigenvalue weighted by Crippen LogP contribution is -2.64. The molecule has 23 heavy (non-hydrogen) atoms. The van der Waals surface area contributed by atoms with E-state index in [2.05, 4.69) is 16.3 Å². The first-order chi connectivity index (χ1) is 11.3. The molecule has 122 valence electrons. The lowest BCUT2D eigenvalue weighted by molar-refractivity contribution is -0.0864. The fourth-order valence-electron chi connectivity index (χ4n) is 4.15. The molecule has 0 unspecified atom stereocenters. The number of rotatable bonds is 1. The first-order valence-electron chi connectivity index (χ1n) is 8.62. The fraction of sp³-hybridized carbons (Fsp3) is 0.611. The largest absolute Gasteiger partial charge is 0.470 e. The van der Waals surface area contributed by atoms with Crippen LogP contribution in [0.2, 0.25) is 0 Å². The number of nitriles is 1. The van der Waals surface area contributed by atoms with Crippen LogP contribution >= 0.6 is 0 Å². The Kier molecular flexibility index (Phi) is 3.88. The highest BCUT2D eigenvalue weighted by Crippen LogP contribution is 2.44. The Morgan fingerprint density at radius 3 is 2.70 bits per heavy atom. The summed E-state index contributed by atoms with van der Waals surface area (Å²) in [5, 5.41) is 12.9. The van der Waals surface area contributed by atoms with Gasteiger partial charge in [-0.25, -0.2) is 0 Å². The van der Waals surface area contributed by atoms with Crippen molar-refractivity contribution in [3.8, 4) is 11.8 Å². The molecule has 1 aromatic rings. The van der Waals surface area contributed by atoms with Crippen molar-refractivity contribution in [2.45, 2.75) is 43.9 Å². The molecule has 1 spiro atoms. The number of anilines is 1. The number of hydrogen-bond donors (Lipinski definition) is 1. The Bertz CT molecular complexity index is 613. The molecule has 2 heterocycles. The van der Waals surface area contributed by atoms with Gasteiger partial charge in [0.15, 0.2) is 6.23 Å². The molecule has 2 fully saturated rings. The third kappa shape index (κ3) is 2.66. The van der Waals surface area contributed by atoms with Crippen molar-refractivity contribution in [1.82, 2.24) is 4.90 Å². The molecule has 5 heteroatoms. The molecule has 0 bridgehead atoms. The van der Waals surface area contributed by atoms with Gasteiger partial charge in [0, 0.05) is 13.1 Å². The topological polar surface area (TPSA) is 57.5 Å². The van der Waals surface area contributed by atoms with Crippen LogP contribution in [0.4, 0.5) is 5.69 Å². The molecule has 5 nitrogen and oxygen atoms in total. The Morgan fingerprint density at radius 1 is 1.17 bits per heavy atom. The van der Waals surface area contributed by atoms with E-state index in [1.807, 2.05) is 18.2 Å². The maximum Gasteiger partial charge on any atom is 0.176 e. The van der Waals surface area contributed by atoms with Crippen LogP contribution in [0.5, 0.6) is 5.75 Å². The SMILES string of the molecule is N#Cc1ccc2c(c1)NC1(CCCCC1)[C@H](N1CCOCC1)O2. The fourth-order valence-corrected chi connectivity index (χ4v) is 4.15. The van der Waals surface area contributed by atoms with Gasteiger partial charge in [-0.1, -0.05) is 19.3 Å². The Morgan fingerprint density at radius 2 is 1.96 bits per heavy atom. The van der Waals surface area contributed by atoms with Crippen LogP contribution in [-0.2, 0) is 4.74 Å². The van der Waals surface area contributed by atoms with E-state index in [0.717, 1.165) is 50.6 Å². The van der Waals surface area contributed by atoms with Crippen molar-refractivity contribution in [2.24, 2.45) is 0 Å². The first kappa shape index (κ1) is 14.8. The van der Waals surface area contributed by atoms with Crippen LogP contribution in [-0.4, -0.2) is 43.0 Å². The number of nitrogens with one attached hydrogen (secondary N) is 1. The molecule has 0 radical (unpaired) electrons. The summed E-state index contributed by atoms with van der Waals surface area (Å²) >= 11 is 0. The van der Waals surface area contributed by atoms with Crippen LogP contribution < -0.4 is 10.1 Å². The smallest absolute Gasteiger partial charge is 0.176 e. The van der Waals surface area contributed by atoms with Crippen LogP contribution in [0.1, 0.15) is 37.7 Å². The van der Waals surface area contributed by atoms with Crippen molar-refractivity contribution in [3.05, 3.63) is 23.8 Å². The molecule has 3 aliphatic rings. The normalized spacial score (nSPS) is 26.7. The summed E-state index contributed by atoms with van der Waals surface area (Å²) in [7, 11) is 0. The Hall–Kier alpha value is -1.77. The van der Waals surface area contributed by atoms with Gasteiger partial charge in [-0.3, -0.25) is 4.90 Å². The Labute approximate surface area is 137 Å². The van der Waals surface area contributed by atoms with Gasteiger partial charge in [0.2, 0.25) is 0 Å². The molecular weight excluding hydrogens is 290 g/mol. The summed E-state index contributed by atoms with van der Waals surface area (Å²) in [6.07, 6.45) is 6.03. The van der Waals surface area contributed by atoms with E-state index < -0.39 is 0 Å². The number of hydrogen-bond acceptors (Lipinski definition) is 5. The van der Waals surface area contributed by atoms with E-state index in [0.29, 0.717) is 5.56 Å². The lowest BCUT2D eigenvalue weighted by atomic mass is 9.78. The van der Waals surface area contributed by atoms with E-state index in [1.54, 1.807) is 0 Å². The zero-order valence-corrected chi connectivity index (χ0v) is 13.4. The van der Waals surface area contributed by atoms with Crippen LogP contribution in [0.15, 0.2) is 18.2 Å². The van der Waals surface area contributed by atoms with Gasteiger partial charge in [-0.05, 0) is 31.0 Å². The summed E-state index contributed by atoms with van der Waals surface area (Å²) in [5.74, 6) is 0.858. The summed E-state index contributed by atoms with van der Waals surface area (Å²) in [6.45, 7) is 3.38. The molecular formula is C18H23N3O2. The third-order valence-electron chi connectivity index (χ3n) is 5.33. The minimum atomic E-state index is -0.0450. The molecule has 1 aliphatic carbocycles. The highest BCUT2D eigenvalue weighted by Gasteiger charge is 2.48. The second kappa shape index (κ2) is 6.03. The van der Waals surface area contributed by atoms with Crippen LogP contribution in [0.25, 0.3) is 0 Å². The van der Waals surface area contributed by atoms with E-state index in [4.69, 9.17) is 14.7 Å². The van der Waals surface area contributed by atoms with Gasteiger partial charge in [-0.2, -0.15) is 5.26 Å². The number of benzene rings is 1. The van der Waals surface area contributed by atoms with Gasteiger partial charge in [0.25, 0.3) is 0 Å². The van der Waals surface area contributed by atoms with Crippen molar-refractivity contribution in [1.29, 1.82) is 5.26 Å². The van der Waals surface area contributed by atoms with Crippen molar-refractivity contribution >= 4 is 5.69 Å². The van der Waals surface area contributed by atoms with Crippen molar-refractivity contribution in [3.63, 3.8) is 0 Å². The minimum absolute atomic E-state index is 0.0450. The van der Waals surface area contributed by atoms with Crippen molar-refractivity contribution < 1.29 is 9.47 Å². The average molecular weight is 313 g/mol. The summed E-state index contributed by atoms with van der Waals surface area (Å²) in [5.41, 5.74) is 1.60. The molecule has 0 aromatic heterocycles. The quantitative estimate of drug-likeness (QED) is 0.864. The number of fused-ring (bicyclic) bond motifs is 1. The van der Waals surface area contributed by atoms with Crippen molar-refractivity contribution in [2.75, 3.05) is 31.6 Å². The van der Waals surface area contributed by atoms with Gasteiger partial charge in [0.1, 0.15) is 5.75 Å². The van der Waals surface area contributed by atoms with E-state index in [1.165, 1.54) is 19.3 Å². The van der Waals surface area contributed by atoms with E-state index in [9.17, 15) is 0 Å². The van der Waals surface area contributed by atoms with E-state index in [-0.39, 0.29) is 11.8 Å². The van der Waals surface area contributed by atoms with Gasteiger partial charge < -0.3 is 14.8 Å². The number of ether oxygens (including phenoxy) is 2. The second-order valence-corrected chi connectivity index (χ2v) is 6.78. The van der Waals surface area contributed by atoms with Crippen LogP contribution in [0, 0.1) is 11.3 Å². The zero-order chi connectivity index (χ0) is 15.7. The standard InChI is InChI=1S/C18H23N3O2/c19-13-14-4-5-16-15(12-14)20-18(6-2-1-3-7-18)17(23-16)21-8-10-22-11-9-21/h4-5,12,17,20H,1-3,6-11H2/t17-/m1/s1. The predicted octanol–water partition coefficient (Wildman–Crippen LogP) is 2.72. The monoisotopic (exact) mass is 313 g/mol. The molecule has 1 aromatic carbocycles. The highest BCUT2D eigenvalue weighted by atomic mass is 16.5. The molecule has 1 saturated heterocycles. The molecule has 1 N–H and O–H groups in total. The summed E-state index contributed by atoms with van der Waals surface area (Å²) in [6, 6.07) is 7.89. The van der Waals surface area contributed by atoms with Gasteiger partial charge in [0.05, 0.1) is 36.1 Å². The van der Waals surface area contributed by atoms with Crippen LogP contribution in [0.3, 0.4) is 0 Å². The third-order valence-corrected chi connectivity index (χ3v) is 5.33. The second-order valence-electron chi connectivity index (χ2n) is 6.78. The highest BCUT2D eigenvalue weighted by molar-refractivity contribution is 5.63. The number of morpholine rings is 1. The molecule has 1 atom stereocenters. The molecule has 4 rings (SSSR count). The summed E-state index contributed by atoms with van der Waals surface area (Å²) < 4.78 is 12.0. The summed E-state index contributed by atoms with van der Waals surface area (Å²) in [4.78, 5) is 2.42. The Balaban J connectivity index is 1.69. The van der Waals surface area contributed by atoms with Gasteiger partial charge in [-0.15, -0.1) is 0 Å².